The van der Waals surface area contributed by atoms with Gasteiger partial charge in [0.25, 0.3) is 5.91 Å². The second kappa shape index (κ2) is 5.09. The third kappa shape index (κ3) is 2.40. The van der Waals surface area contributed by atoms with Gasteiger partial charge in [0.15, 0.2) is 0 Å². The molecule has 0 aromatic heterocycles. The first-order valence-electron chi connectivity index (χ1n) is 5.42. The van der Waals surface area contributed by atoms with Gasteiger partial charge in [0.05, 0.1) is 6.61 Å². The first-order chi connectivity index (χ1) is 7.81. The van der Waals surface area contributed by atoms with Crippen LogP contribution in [0, 0.1) is 0 Å². The molecule has 1 heterocycles. The number of aliphatic hydroxyl groups excluding tert-OH is 1. The lowest BCUT2D eigenvalue weighted by Gasteiger charge is -2.12. The molecule has 86 valence electrons. The highest BCUT2D eigenvalue weighted by atomic mass is 16.5. The molecule has 0 saturated carbocycles. The van der Waals surface area contributed by atoms with E-state index in [4.69, 9.17) is 9.84 Å². The summed E-state index contributed by atoms with van der Waals surface area (Å²) in [4.78, 5) is 11.8. The van der Waals surface area contributed by atoms with Gasteiger partial charge in [0, 0.05) is 17.9 Å². The molecular weight excluding hydrogens is 206 g/mol. The van der Waals surface area contributed by atoms with Gasteiger partial charge in [-0.3, -0.25) is 4.79 Å². The smallest absolute Gasteiger partial charge is 0.253 e. The van der Waals surface area contributed by atoms with Gasteiger partial charge in [0.2, 0.25) is 0 Å². The number of benzene rings is 1. The van der Waals surface area contributed by atoms with Crippen LogP contribution in [0.3, 0.4) is 0 Å². The monoisotopic (exact) mass is 221 g/mol. The minimum absolute atomic E-state index is 0.0814. The molecular formula is C12H15NO3. The molecule has 1 amide bonds. The fourth-order valence-electron chi connectivity index (χ4n) is 1.78. The van der Waals surface area contributed by atoms with E-state index in [0.29, 0.717) is 17.9 Å². The molecule has 2 rings (SSSR count). The van der Waals surface area contributed by atoms with Crippen LogP contribution >= 0.6 is 0 Å². The van der Waals surface area contributed by atoms with Crippen molar-refractivity contribution in [1.82, 2.24) is 0 Å². The van der Waals surface area contributed by atoms with Crippen LogP contribution in [0.2, 0.25) is 0 Å². The zero-order chi connectivity index (χ0) is 11.4. The lowest BCUT2D eigenvalue weighted by atomic mass is 10.1. The molecule has 0 bridgehead atoms. The Morgan fingerprint density at radius 3 is 3.00 bits per heavy atom. The highest BCUT2D eigenvalue weighted by molar-refractivity contribution is 5.94. The molecule has 0 unspecified atom stereocenters. The second-order valence-corrected chi connectivity index (χ2v) is 3.81. The Morgan fingerprint density at radius 1 is 1.50 bits per heavy atom. The summed E-state index contributed by atoms with van der Waals surface area (Å²) in [6.07, 6.45) is 1.36. The third-order valence-electron chi connectivity index (χ3n) is 2.67. The minimum atomic E-state index is -0.341. The SMILES string of the molecule is O=C(Nc1ccccc1CO)[C@H]1CCCO1. The second-order valence-electron chi connectivity index (χ2n) is 3.81. The number of carbonyl (C=O) groups is 1. The molecule has 1 fully saturated rings. The van der Waals surface area contributed by atoms with Crippen molar-refractivity contribution < 1.29 is 14.6 Å². The molecule has 1 aromatic rings. The Kier molecular flexibility index (Phi) is 3.54. The molecule has 2 N–H and O–H groups in total. The number of nitrogens with one attached hydrogen (secondary N) is 1. The van der Waals surface area contributed by atoms with Crippen LogP contribution in [0.25, 0.3) is 0 Å². The minimum Gasteiger partial charge on any atom is -0.392 e. The van der Waals surface area contributed by atoms with Crippen LogP contribution in [0.4, 0.5) is 5.69 Å². The first kappa shape index (κ1) is 11.1. The Bertz CT molecular complexity index is 372. The van der Waals surface area contributed by atoms with Crippen molar-refractivity contribution in [2.45, 2.75) is 25.6 Å². The van der Waals surface area contributed by atoms with Crippen LogP contribution < -0.4 is 5.32 Å². The third-order valence-corrected chi connectivity index (χ3v) is 2.67. The summed E-state index contributed by atoms with van der Waals surface area (Å²) in [6.45, 7) is 0.571. The van der Waals surface area contributed by atoms with Gasteiger partial charge >= 0.3 is 0 Å². The summed E-state index contributed by atoms with van der Waals surface area (Å²) in [7, 11) is 0. The normalized spacial score (nSPS) is 19.7. The molecule has 1 aliphatic rings. The topological polar surface area (TPSA) is 58.6 Å². The number of aliphatic hydroxyl groups is 1. The number of para-hydroxylation sites is 1. The van der Waals surface area contributed by atoms with E-state index >= 15 is 0 Å². The van der Waals surface area contributed by atoms with Crippen molar-refractivity contribution in [3.05, 3.63) is 29.8 Å². The number of carbonyl (C=O) groups excluding carboxylic acids is 1. The van der Waals surface area contributed by atoms with Gasteiger partial charge < -0.3 is 15.2 Å². The predicted molar refractivity (Wildman–Crippen MR) is 60.0 cm³/mol. The van der Waals surface area contributed by atoms with Gasteiger partial charge in [-0.25, -0.2) is 0 Å². The average molecular weight is 221 g/mol. The average Bonchev–Trinajstić information content (AvgIpc) is 2.83. The molecule has 4 nitrogen and oxygen atoms in total. The summed E-state index contributed by atoms with van der Waals surface area (Å²) in [5.41, 5.74) is 1.37. The van der Waals surface area contributed by atoms with Crippen molar-refractivity contribution in [3.63, 3.8) is 0 Å². The van der Waals surface area contributed by atoms with Crippen LogP contribution in [0.15, 0.2) is 24.3 Å². The number of amides is 1. The molecule has 0 spiro atoms. The maximum atomic E-state index is 11.8. The van der Waals surface area contributed by atoms with Crippen LogP contribution in [-0.2, 0) is 16.1 Å². The van der Waals surface area contributed by atoms with Gasteiger partial charge in [-0.1, -0.05) is 18.2 Å². The summed E-state index contributed by atoms with van der Waals surface area (Å²) < 4.78 is 5.29. The molecule has 1 aromatic carbocycles. The predicted octanol–water partition coefficient (Wildman–Crippen LogP) is 1.30. The fourth-order valence-corrected chi connectivity index (χ4v) is 1.78. The zero-order valence-corrected chi connectivity index (χ0v) is 8.98. The maximum absolute atomic E-state index is 11.8. The van der Waals surface area contributed by atoms with Crippen LogP contribution in [0.5, 0.6) is 0 Å². The van der Waals surface area contributed by atoms with Crippen molar-refractivity contribution in [1.29, 1.82) is 0 Å². The number of anilines is 1. The highest BCUT2D eigenvalue weighted by Gasteiger charge is 2.23. The Morgan fingerprint density at radius 2 is 2.31 bits per heavy atom. The van der Waals surface area contributed by atoms with Crippen molar-refractivity contribution >= 4 is 11.6 Å². The lowest BCUT2D eigenvalue weighted by molar-refractivity contribution is -0.124. The van der Waals surface area contributed by atoms with E-state index in [9.17, 15) is 4.79 Å². The van der Waals surface area contributed by atoms with Crippen LogP contribution in [0.1, 0.15) is 18.4 Å². The highest BCUT2D eigenvalue weighted by Crippen LogP contribution is 2.18. The van der Waals surface area contributed by atoms with Crippen molar-refractivity contribution in [2.24, 2.45) is 0 Å². The Labute approximate surface area is 94.2 Å². The summed E-state index contributed by atoms with van der Waals surface area (Å²) in [6, 6.07) is 7.21. The standard InChI is InChI=1S/C12H15NO3/c14-8-9-4-1-2-5-10(9)13-12(15)11-6-3-7-16-11/h1-2,4-5,11,14H,3,6-8H2,(H,13,15)/t11-/m1/s1. The van der Waals surface area contributed by atoms with E-state index < -0.39 is 0 Å². The fraction of sp³-hybridized carbons (Fsp3) is 0.417. The van der Waals surface area contributed by atoms with Gasteiger partial charge in [-0.15, -0.1) is 0 Å². The van der Waals surface area contributed by atoms with E-state index in [0.717, 1.165) is 12.8 Å². The summed E-state index contributed by atoms with van der Waals surface area (Å²) in [5, 5.41) is 11.9. The van der Waals surface area contributed by atoms with E-state index in [1.54, 1.807) is 12.1 Å². The van der Waals surface area contributed by atoms with E-state index in [1.165, 1.54) is 0 Å². The maximum Gasteiger partial charge on any atom is 0.253 e. The van der Waals surface area contributed by atoms with Crippen molar-refractivity contribution in [2.75, 3.05) is 11.9 Å². The molecule has 0 radical (unpaired) electrons. The summed E-state index contributed by atoms with van der Waals surface area (Å²) in [5.74, 6) is -0.126. The van der Waals surface area contributed by atoms with Gasteiger partial charge in [0.1, 0.15) is 6.10 Å². The number of ether oxygens (including phenoxy) is 1. The van der Waals surface area contributed by atoms with E-state index in [1.807, 2.05) is 12.1 Å². The number of rotatable bonds is 3. The Hall–Kier alpha value is -1.39. The first-order valence-corrected chi connectivity index (χ1v) is 5.42. The molecule has 0 aliphatic carbocycles. The van der Waals surface area contributed by atoms with Gasteiger partial charge in [-0.2, -0.15) is 0 Å². The molecule has 1 aliphatic heterocycles. The molecule has 16 heavy (non-hydrogen) atoms. The number of hydrogen-bond donors (Lipinski definition) is 2. The van der Waals surface area contributed by atoms with E-state index in [2.05, 4.69) is 5.32 Å². The quantitative estimate of drug-likeness (QED) is 0.808. The largest absolute Gasteiger partial charge is 0.392 e. The van der Waals surface area contributed by atoms with Gasteiger partial charge in [-0.05, 0) is 18.9 Å². The zero-order valence-electron chi connectivity index (χ0n) is 8.98. The molecule has 1 atom stereocenters. The lowest BCUT2D eigenvalue weighted by Crippen LogP contribution is -2.27. The number of hydrogen-bond acceptors (Lipinski definition) is 3. The molecule has 1 saturated heterocycles. The van der Waals surface area contributed by atoms with Crippen molar-refractivity contribution in [3.8, 4) is 0 Å². The molecule has 4 heteroatoms. The summed E-state index contributed by atoms with van der Waals surface area (Å²) >= 11 is 0. The van der Waals surface area contributed by atoms with Crippen LogP contribution in [-0.4, -0.2) is 23.7 Å². The van der Waals surface area contributed by atoms with E-state index in [-0.39, 0.29) is 18.6 Å². The Balaban J connectivity index is 2.05.